The molecule has 0 radical (unpaired) electrons. The number of amides is 2. The van der Waals surface area contributed by atoms with E-state index in [4.69, 9.17) is 16.7 Å². The molecule has 2 amide bonds. The summed E-state index contributed by atoms with van der Waals surface area (Å²) in [5.74, 6) is -2.74. The van der Waals surface area contributed by atoms with E-state index in [0.29, 0.717) is 17.7 Å². The number of carbonyl (C=O) groups excluding carboxylic acids is 2. The summed E-state index contributed by atoms with van der Waals surface area (Å²) < 4.78 is 14.6. The second-order valence-corrected chi connectivity index (χ2v) is 7.03. The number of carboxylic acids is 1. The average Bonchev–Trinajstić information content (AvgIpc) is 2.71. The fourth-order valence-corrected chi connectivity index (χ4v) is 3.39. The van der Waals surface area contributed by atoms with Gasteiger partial charge in [-0.25, -0.2) is 9.18 Å². The molecule has 31 heavy (non-hydrogen) atoms. The first-order valence-electron chi connectivity index (χ1n) is 9.04. The number of hydrogen-bond donors (Lipinski definition) is 2. The van der Waals surface area contributed by atoms with E-state index in [1.54, 1.807) is 32.0 Å². The summed E-state index contributed by atoms with van der Waals surface area (Å²) in [4.78, 5) is 41.0. The van der Waals surface area contributed by atoms with Crippen molar-refractivity contribution < 1.29 is 23.9 Å². The maximum Gasteiger partial charge on any atom is 0.335 e. The van der Waals surface area contributed by atoms with Crippen molar-refractivity contribution in [2.75, 3.05) is 10.2 Å². The third-order valence-corrected chi connectivity index (χ3v) is 4.94. The number of carboxylic acid groups (broad SMARTS) is 1. The van der Waals surface area contributed by atoms with E-state index in [-0.39, 0.29) is 33.2 Å². The molecule has 0 saturated carbocycles. The maximum atomic E-state index is 14.6. The number of nitrogens with one attached hydrogen (secondary N) is 1. The molecule has 9 heteroatoms. The number of aromatic nitrogens is 1. The van der Waals surface area contributed by atoms with Crippen LogP contribution < -0.4 is 10.2 Å². The lowest BCUT2D eigenvalue weighted by Gasteiger charge is -2.23. The van der Waals surface area contributed by atoms with E-state index in [0.717, 1.165) is 11.0 Å². The molecule has 158 valence electrons. The zero-order chi connectivity index (χ0) is 22.7. The van der Waals surface area contributed by atoms with Crippen LogP contribution in [0, 0.1) is 19.7 Å². The Bertz CT molecular complexity index is 1180. The number of carbonyl (C=O) groups is 3. The van der Waals surface area contributed by atoms with Crippen LogP contribution in [0.3, 0.4) is 0 Å². The van der Waals surface area contributed by atoms with E-state index in [1.165, 1.54) is 24.4 Å². The summed E-state index contributed by atoms with van der Waals surface area (Å²) in [5.41, 5.74) is 1.17. The highest BCUT2D eigenvalue weighted by atomic mass is 35.5. The summed E-state index contributed by atoms with van der Waals surface area (Å²) in [6.07, 6.45) is 1.77. The molecule has 3 aromatic rings. The Morgan fingerprint density at radius 2 is 1.90 bits per heavy atom. The summed E-state index contributed by atoms with van der Waals surface area (Å²) in [7, 11) is 0. The van der Waals surface area contributed by atoms with Crippen molar-refractivity contribution in [2.24, 2.45) is 0 Å². The lowest BCUT2D eigenvalue weighted by atomic mass is 10.1. The Hall–Kier alpha value is -3.78. The van der Waals surface area contributed by atoms with Gasteiger partial charge in [-0.2, -0.15) is 0 Å². The van der Waals surface area contributed by atoms with Crippen molar-refractivity contribution in [3.63, 3.8) is 0 Å². The van der Waals surface area contributed by atoms with Crippen LogP contribution >= 0.6 is 11.6 Å². The lowest BCUT2D eigenvalue weighted by Crippen LogP contribution is -2.21. The molecule has 0 aliphatic rings. The molecule has 0 atom stereocenters. The normalized spacial score (nSPS) is 10.5. The van der Waals surface area contributed by atoms with Crippen molar-refractivity contribution in [3.8, 4) is 0 Å². The van der Waals surface area contributed by atoms with E-state index < -0.39 is 17.7 Å². The van der Waals surface area contributed by atoms with Crippen molar-refractivity contribution in [2.45, 2.75) is 13.8 Å². The third kappa shape index (κ3) is 4.39. The number of halogens is 2. The monoisotopic (exact) mass is 441 g/mol. The molecule has 0 saturated heterocycles. The summed E-state index contributed by atoms with van der Waals surface area (Å²) >= 11 is 6.18. The van der Waals surface area contributed by atoms with E-state index in [9.17, 15) is 18.8 Å². The van der Waals surface area contributed by atoms with Gasteiger partial charge in [0.2, 0.25) is 6.41 Å². The standard InChI is InChI=1S/C22H17ClFN3O4/c1-12-4-3-5-15(23)19(12)21(29)26-20-13(2)25-9-8-18(20)27(11-28)17-7-6-14(22(30)31)10-16(17)24/h3-11H,1-2H3,(H,26,29)(H,30,31). The predicted molar refractivity (Wildman–Crippen MR) is 115 cm³/mol. The smallest absolute Gasteiger partial charge is 0.335 e. The Labute approximate surface area is 182 Å². The molecule has 0 bridgehead atoms. The first-order valence-corrected chi connectivity index (χ1v) is 9.41. The molecule has 1 heterocycles. The average molecular weight is 442 g/mol. The first kappa shape index (κ1) is 21.9. The Morgan fingerprint density at radius 1 is 1.16 bits per heavy atom. The number of nitrogens with zero attached hydrogens (tertiary/aromatic N) is 2. The van der Waals surface area contributed by atoms with Gasteiger partial charge in [0.1, 0.15) is 5.82 Å². The second-order valence-electron chi connectivity index (χ2n) is 6.62. The lowest BCUT2D eigenvalue weighted by molar-refractivity contribution is -0.106. The minimum absolute atomic E-state index is 0.155. The number of aryl methyl sites for hydroxylation is 2. The maximum absolute atomic E-state index is 14.6. The highest BCUT2D eigenvalue weighted by Gasteiger charge is 2.22. The van der Waals surface area contributed by atoms with E-state index >= 15 is 0 Å². The van der Waals surface area contributed by atoms with Crippen LogP contribution in [0.5, 0.6) is 0 Å². The van der Waals surface area contributed by atoms with Crippen LogP contribution in [0.15, 0.2) is 48.7 Å². The minimum Gasteiger partial charge on any atom is -0.478 e. The number of hydrogen-bond acceptors (Lipinski definition) is 4. The molecule has 0 fully saturated rings. The fourth-order valence-electron chi connectivity index (χ4n) is 3.08. The van der Waals surface area contributed by atoms with Gasteiger partial charge in [0.25, 0.3) is 5.91 Å². The van der Waals surface area contributed by atoms with Gasteiger partial charge in [0, 0.05) is 6.20 Å². The highest BCUT2D eigenvalue weighted by molar-refractivity contribution is 6.34. The second kappa shape index (κ2) is 8.93. The molecule has 3 rings (SSSR count). The third-order valence-electron chi connectivity index (χ3n) is 4.63. The molecule has 0 spiro atoms. The van der Waals surface area contributed by atoms with E-state index in [2.05, 4.69) is 10.3 Å². The zero-order valence-electron chi connectivity index (χ0n) is 16.5. The number of benzene rings is 2. The largest absolute Gasteiger partial charge is 0.478 e. The van der Waals surface area contributed by atoms with Crippen LogP contribution in [0.2, 0.25) is 5.02 Å². The molecule has 0 unspecified atom stereocenters. The quantitative estimate of drug-likeness (QED) is 0.538. The Morgan fingerprint density at radius 3 is 2.52 bits per heavy atom. The summed E-state index contributed by atoms with van der Waals surface area (Å²) in [6.45, 7) is 3.35. The Kier molecular flexibility index (Phi) is 6.31. The SMILES string of the molecule is Cc1cccc(Cl)c1C(=O)Nc1c(N(C=O)c2ccc(C(=O)O)cc2F)ccnc1C. The Balaban J connectivity index is 2.07. The highest BCUT2D eigenvalue weighted by Crippen LogP contribution is 2.35. The molecule has 2 N–H and O–H groups in total. The molecule has 2 aromatic carbocycles. The van der Waals surface area contributed by atoms with Gasteiger partial charge in [-0.05, 0) is 49.7 Å². The van der Waals surface area contributed by atoms with Crippen LogP contribution in [-0.2, 0) is 4.79 Å². The fraction of sp³-hybridized carbons (Fsp3) is 0.0909. The number of anilines is 3. The minimum atomic E-state index is -1.30. The topological polar surface area (TPSA) is 99.6 Å². The van der Waals surface area contributed by atoms with Gasteiger partial charge in [0.15, 0.2) is 0 Å². The van der Waals surface area contributed by atoms with Crippen molar-refractivity contribution in [1.82, 2.24) is 4.98 Å². The summed E-state index contributed by atoms with van der Waals surface area (Å²) in [6, 6.07) is 9.62. The summed E-state index contributed by atoms with van der Waals surface area (Å²) in [5, 5.41) is 12.0. The van der Waals surface area contributed by atoms with E-state index in [1.807, 2.05) is 0 Å². The van der Waals surface area contributed by atoms with Crippen molar-refractivity contribution >= 4 is 46.9 Å². The molecule has 0 aliphatic carbocycles. The number of pyridine rings is 1. The van der Waals surface area contributed by atoms with Crippen molar-refractivity contribution in [1.29, 1.82) is 0 Å². The van der Waals surface area contributed by atoms with Gasteiger partial charge >= 0.3 is 5.97 Å². The first-order chi connectivity index (χ1) is 14.7. The number of aromatic carboxylic acids is 1. The van der Waals surface area contributed by atoms with Crippen molar-refractivity contribution in [3.05, 3.63) is 81.9 Å². The van der Waals surface area contributed by atoms with Crippen LogP contribution in [0.1, 0.15) is 32.0 Å². The molecular formula is C22H17ClFN3O4. The van der Waals surface area contributed by atoms with Crippen LogP contribution in [0.25, 0.3) is 0 Å². The molecule has 1 aromatic heterocycles. The molecule has 7 nitrogen and oxygen atoms in total. The van der Waals surface area contributed by atoms with Crippen LogP contribution in [0.4, 0.5) is 21.5 Å². The molecular weight excluding hydrogens is 425 g/mol. The number of rotatable bonds is 6. The van der Waals surface area contributed by atoms with Gasteiger partial charge in [-0.3, -0.25) is 19.5 Å². The van der Waals surface area contributed by atoms with Gasteiger partial charge < -0.3 is 10.4 Å². The zero-order valence-corrected chi connectivity index (χ0v) is 17.3. The van der Waals surface area contributed by atoms with Gasteiger partial charge in [-0.15, -0.1) is 0 Å². The van der Waals surface area contributed by atoms with Crippen LogP contribution in [-0.4, -0.2) is 28.4 Å². The molecule has 0 aliphatic heterocycles. The van der Waals surface area contributed by atoms with Gasteiger partial charge in [0.05, 0.1) is 38.9 Å². The van der Waals surface area contributed by atoms with Gasteiger partial charge in [-0.1, -0.05) is 23.7 Å². The predicted octanol–water partition coefficient (Wildman–Crippen LogP) is 4.74.